The van der Waals surface area contributed by atoms with Gasteiger partial charge in [0.05, 0.1) is 6.54 Å². The van der Waals surface area contributed by atoms with Crippen LogP contribution in [-0.4, -0.2) is 12.5 Å². The largest absolute Gasteiger partial charge is 0.426 e. The fourth-order valence-corrected chi connectivity index (χ4v) is 0.884. The molecule has 0 spiro atoms. The highest BCUT2D eigenvalue weighted by Crippen LogP contribution is 2.16. The molecule has 64 valence electrons. The van der Waals surface area contributed by atoms with Crippen molar-refractivity contribution in [3.05, 3.63) is 29.3 Å². The number of hydrogen-bond acceptors (Lipinski definition) is 3. The van der Waals surface area contributed by atoms with Crippen molar-refractivity contribution in [3.8, 4) is 5.75 Å². The topological polar surface area (TPSA) is 52.3 Å². The second-order valence-corrected chi connectivity index (χ2v) is 2.57. The lowest BCUT2D eigenvalue weighted by Gasteiger charge is -2.01. The Morgan fingerprint density at radius 3 is 2.92 bits per heavy atom. The second kappa shape index (κ2) is 4.09. The maximum absolute atomic E-state index is 10.7. The van der Waals surface area contributed by atoms with Gasteiger partial charge in [0.15, 0.2) is 0 Å². The Bertz CT molecular complexity index is 288. The van der Waals surface area contributed by atoms with Crippen molar-refractivity contribution < 1.29 is 9.53 Å². The van der Waals surface area contributed by atoms with Crippen molar-refractivity contribution in [2.24, 2.45) is 5.73 Å². The Hall–Kier alpha value is -1.06. The number of carbonyl (C=O) groups is 1. The Kier molecular flexibility index (Phi) is 3.08. The van der Waals surface area contributed by atoms with E-state index in [4.69, 9.17) is 22.1 Å². The van der Waals surface area contributed by atoms with Gasteiger partial charge in [-0.2, -0.15) is 0 Å². The molecule has 0 saturated carbocycles. The average molecular weight is 186 g/mol. The van der Waals surface area contributed by atoms with Crippen LogP contribution < -0.4 is 10.5 Å². The van der Waals surface area contributed by atoms with Crippen molar-refractivity contribution in [1.82, 2.24) is 0 Å². The van der Waals surface area contributed by atoms with Crippen molar-refractivity contribution in [2.75, 3.05) is 6.54 Å². The first-order chi connectivity index (χ1) is 5.72. The predicted octanol–water partition coefficient (Wildman–Crippen LogP) is 1.20. The van der Waals surface area contributed by atoms with E-state index in [0.717, 1.165) is 0 Å². The third kappa shape index (κ3) is 2.53. The van der Waals surface area contributed by atoms with Crippen LogP contribution in [0.1, 0.15) is 0 Å². The molecule has 2 N–H and O–H groups in total. The number of ether oxygens (including phenoxy) is 1. The highest BCUT2D eigenvalue weighted by atomic mass is 35.5. The molecule has 0 unspecified atom stereocenters. The summed E-state index contributed by atoms with van der Waals surface area (Å²) in [5.74, 6) is -0.0600. The van der Waals surface area contributed by atoms with E-state index in [2.05, 4.69) is 0 Å². The molecule has 0 saturated heterocycles. The van der Waals surface area contributed by atoms with E-state index < -0.39 is 5.97 Å². The number of rotatable bonds is 2. The summed E-state index contributed by atoms with van der Waals surface area (Å²) in [4.78, 5) is 10.7. The van der Waals surface area contributed by atoms with E-state index in [-0.39, 0.29) is 6.54 Å². The summed E-state index contributed by atoms with van der Waals surface area (Å²) in [5.41, 5.74) is 5.05. The zero-order chi connectivity index (χ0) is 8.97. The summed E-state index contributed by atoms with van der Waals surface area (Å²) in [5, 5.41) is 0.525. The lowest BCUT2D eigenvalue weighted by molar-refractivity contribution is -0.132. The minimum Gasteiger partial charge on any atom is -0.426 e. The minimum atomic E-state index is -0.475. The van der Waals surface area contributed by atoms with Gasteiger partial charge in [0.2, 0.25) is 0 Å². The fraction of sp³-hybridized carbons (Fsp3) is 0.125. The van der Waals surface area contributed by atoms with Gasteiger partial charge in [0.1, 0.15) is 5.75 Å². The SMILES string of the molecule is NCC(=O)Oc1cccc(Cl)c1. The molecular weight excluding hydrogens is 178 g/mol. The van der Waals surface area contributed by atoms with E-state index in [1.54, 1.807) is 24.3 Å². The molecular formula is C8H8ClNO2. The van der Waals surface area contributed by atoms with E-state index in [1.807, 2.05) is 0 Å². The maximum atomic E-state index is 10.7. The van der Waals surface area contributed by atoms with Crippen molar-refractivity contribution >= 4 is 17.6 Å². The van der Waals surface area contributed by atoms with Crippen molar-refractivity contribution in [1.29, 1.82) is 0 Å². The number of hydrogen-bond donors (Lipinski definition) is 1. The third-order valence-corrected chi connectivity index (χ3v) is 1.43. The van der Waals surface area contributed by atoms with Crippen LogP contribution in [0.2, 0.25) is 5.02 Å². The standard InChI is InChI=1S/C8H8ClNO2/c9-6-2-1-3-7(4-6)12-8(11)5-10/h1-4H,5,10H2. The summed E-state index contributed by atoms with van der Waals surface area (Å²) in [6.45, 7) is -0.132. The summed E-state index contributed by atoms with van der Waals surface area (Å²) in [6, 6.07) is 6.58. The number of benzene rings is 1. The van der Waals surface area contributed by atoms with E-state index in [0.29, 0.717) is 10.8 Å². The maximum Gasteiger partial charge on any atom is 0.325 e. The van der Waals surface area contributed by atoms with Gasteiger partial charge in [-0.1, -0.05) is 17.7 Å². The quantitative estimate of drug-likeness (QED) is 0.557. The van der Waals surface area contributed by atoms with Gasteiger partial charge < -0.3 is 10.5 Å². The highest BCUT2D eigenvalue weighted by Gasteiger charge is 2.00. The van der Waals surface area contributed by atoms with E-state index >= 15 is 0 Å². The Balaban J connectivity index is 2.69. The number of esters is 1. The Morgan fingerprint density at radius 2 is 2.33 bits per heavy atom. The van der Waals surface area contributed by atoms with E-state index in [1.165, 1.54) is 0 Å². The molecule has 0 aromatic heterocycles. The molecule has 3 nitrogen and oxygen atoms in total. The monoisotopic (exact) mass is 185 g/mol. The first-order valence-electron chi connectivity index (χ1n) is 3.38. The molecule has 1 aromatic rings. The minimum absolute atomic E-state index is 0.132. The van der Waals surface area contributed by atoms with Crippen LogP contribution in [0.3, 0.4) is 0 Å². The lowest BCUT2D eigenvalue weighted by Crippen LogP contribution is -2.19. The molecule has 0 aliphatic rings. The third-order valence-electron chi connectivity index (χ3n) is 1.19. The molecule has 0 heterocycles. The van der Waals surface area contributed by atoms with Gasteiger partial charge in [-0.15, -0.1) is 0 Å². The number of carbonyl (C=O) groups excluding carboxylic acids is 1. The highest BCUT2D eigenvalue weighted by molar-refractivity contribution is 6.30. The molecule has 0 radical (unpaired) electrons. The number of halogens is 1. The molecule has 1 rings (SSSR count). The van der Waals surface area contributed by atoms with Crippen LogP contribution in [0.25, 0.3) is 0 Å². The summed E-state index contributed by atoms with van der Waals surface area (Å²) >= 11 is 5.65. The zero-order valence-electron chi connectivity index (χ0n) is 6.29. The molecule has 4 heteroatoms. The van der Waals surface area contributed by atoms with Gasteiger partial charge in [-0.25, -0.2) is 0 Å². The predicted molar refractivity (Wildman–Crippen MR) is 46.1 cm³/mol. The molecule has 0 fully saturated rings. The van der Waals surface area contributed by atoms with Crippen molar-refractivity contribution in [2.45, 2.75) is 0 Å². The first kappa shape index (κ1) is 9.03. The normalized spacial score (nSPS) is 9.50. The molecule has 1 aromatic carbocycles. The Morgan fingerprint density at radius 1 is 1.58 bits per heavy atom. The van der Waals surface area contributed by atoms with Crippen LogP contribution in [0, 0.1) is 0 Å². The van der Waals surface area contributed by atoms with Gasteiger partial charge >= 0.3 is 5.97 Å². The molecule has 12 heavy (non-hydrogen) atoms. The van der Waals surface area contributed by atoms with Gasteiger partial charge in [-0.3, -0.25) is 4.79 Å². The second-order valence-electron chi connectivity index (χ2n) is 2.14. The first-order valence-corrected chi connectivity index (χ1v) is 3.76. The summed E-state index contributed by atoms with van der Waals surface area (Å²) in [7, 11) is 0. The van der Waals surface area contributed by atoms with Crippen LogP contribution in [-0.2, 0) is 4.79 Å². The zero-order valence-corrected chi connectivity index (χ0v) is 7.04. The summed E-state index contributed by atoms with van der Waals surface area (Å²) < 4.78 is 4.80. The number of nitrogens with two attached hydrogens (primary N) is 1. The molecule has 0 aliphatic carbocycles. The average Bonchev–Trinajstić information content (AvgIpc) is 2.04. The smallest absolute Gasteiger partial charge is 0.325 e. The molecule has 0 bridgehead atoms. The van der Waals surface area contributed by atoms with Crippen molar-refractivity contribution in [3.63, 3.8) is 0 Å². The fourth-order valence-electron chi connectivity index (χ4n) is 0.704. The van der Waals surface area contributed by atoms with Crippen LogP contribution in [0.4, 0.5) is 0 Å². The molecule has 0 amide bonds. The van der Waals surface area contributed by atoms with Gasteiger partial charge in [0, 0.05) is 5.02 Å². The van der Waals surface area contributed by atoms with Crippen LogP contribution in [0.15, 0.2) is 24.3 Å². The summed E-state index contributed by atoms with van der Waals surface area (Å²) in [6.07, 6.45) is 0. The Labute approximate surface area is 75.1 Å². The van der Waals surface area contributed by atoms with Crippen LogP contribution in [0.5, 0.6) is 5.75 Å². The van der Waals surface area contributed by atoms with Gasteiger partial charge in [0.25, 0.3) is 0 Å². The lowest BCUT2D eigenvalue weighted by atomic mass is 10.3. The van der Waals surface area contributed by atoms with E-state index in [9.17, 15) is 4.79 Å². The van der Waals surface area contributed by atoms with Gasteiger partial charge in [-0.05, 0) is 18.2 Å². The van der Waals surface area contributed by atoms with Crippen LogP contribution >= 0.6 is 11.6 Å². The molecule has 0 aliphatic heterocycles. The molecule has 0 atom stereocenters.